The van der Waals surface area contributed by atoms with E-state index in [1.807, 2.05) is 6.07 Å². The van der Waals surface area contributed by atoms with Crippen molar-refractivity contribution in [1.82, 2.24) is 4.98 Å². The number of aliphatic hydroxyl groups excluding tert-OH is 1. The minimum Gasteiger partial charge on any atom is -0.386 e. The first-order valence-corrected chi connectivity index (χ1v) is 5.09. The number of nitriles is 1. The van der Waals surface area contributed by atoms with Gasteiger partial charge < -0.3 is 5.11 Å². The van der Waals surface area contributed by atoms with Crippen LogP contribution in [0.2, 0.25) is 0 Å². The number of aliphatic hydroxyl groups is 1. The molecule has 0 aliphatic carbocycles. The molecule has 0 aliphatic heterocycles. The molecule has 0 spiro atoms. The second kappa shape index (κ2) is 4.70. The van der Waals surface area contributed by atoms with Gasteiger partial charge in [0.2, 0.25) is 0 Å². The lowest BCUT2D eigenvalue weighted by Gasteiger charge is -2.07. The van der Waals surface area contributed by atoms with Crippen LogP contribution in [0.1, 0.15) is 18.2 Å². The van der Waals surface area contributed by atoms with E-state index in [0.717, 1.165) is 4.47 Å². The van der Waals surface area contributed by atoms with Gasteiger partial charge in [-0.25, -0.2) is 0 Å². The Balaban J connectivity index is 2.96. The zero-order valence-electron chi connectivity index (χ0n) is 6.54. The van der Waals surface area contributed by atoms with Gasteiger partial charge in [-0.2, -0.15) is 5.26 Å². The maximum absolute atomic E-state index is 9.46. The topological polar surface area (TPSA) is 56.9 Å². The smallest absolute Gasteiger partial charge is 0.110 e. The summed E-state index contributed by atoms with van der Waals surface area (Å²) in [6.07, 6.45) is 0.806. The van der Waals surface area contributed by atoms with Gasteiger partial charge in [0.05, 0.1) is 18.2 Å². The van der Waals surface area contributed by atoms with Gasteiger partial charge in [0.15, 0.2) is 0 Å². The average Bonchev–Trinajstić information content (AvgIpc) is 2.04. The first-order chi connectivity index (χ1) is 6.15. The molecule has 1 rings (SSSR count). The lowest BCUT2D eigenvalue weighted by molar-refractivity contribution is 0.177. The van der Waals surface area contributed by atoms with E-state index < -0.39 is 6.10 Å². The Morgan fingerprint density at radius 1 is 1.62 bits per heavy atom. The summed E-state index contributed by atoms with van der Waals surface area (Å²) in [7, 11) is 0. The Hall–Kier alpha value is -0.440. The van der Waals surface area contributed by atoms with Crippen molar-refractivity contribution >= 4 is 31.9 Å². The monoisotopic (exact) mass is 304 g/mol. The average molecular weight is 306 g/mol. The second-order valence-electron chi connectivity index (χ2n) is 2.40. The van der Waals surface area contributed by atoms with Gasteiger partial charge in [-0.05, 0) is 37.9 Å². The van der Waals surface area contributed by atoms with Gasteiger partial charge in [-0.15, -0.1) is 0 Å². The molecule has 13 heavy (non-hydrogen) atoms. The summed E-state index contributed by atoms with van der Waals surface area (Å²) >= 11 is 6.50. The van der Waals surface area contributed by atoms with E-state index in [9.17, 15) is 5.11 Å². The number of hydrogen-bond acceptors (Lipinski definition) is 3. The number of aromatic nitrogens is 1. The predicted molar refractivity (Wildman–Crippen MR) is 54.8 cm³/mol. The van der Waals surface area contributed by atoms with Crippen LogP contribution in [0.25, 0.3) is 0 Å². The van der Waals surface area contributed by atoms with Crippen LogP contribution in [0.5, 0.6) is 0 Å². The molecule has 1 heterocycles. The zero-order valence-corrected chi connectivity index (χ0v) is 9.71. The standard InChI is InChI=1S/C8H6Br2N2O/c9-5-3-6(10)8(12-4-5)7(13)1-2-11/h3-4,7,13H,1H2. The van der Waals surface area contributed by atoms with Gasteiger partial charge in [0, 0.05) is 15.1 Å². The van der Waals surface area contributed by atoms with E-state index in [0.29, 0.717) is 10.2 Å². The second-order valence-corrected chi connectivity index (χ2v) is 4.17. The van der Waals surface area contributed by atoms with Gasteiger partial charge in [0.1, 0.15) is 6.10 Å². The highest BCUT2D eigenvalue weighted by Crippen LogP contribution is 2.25. The van der Waals surface area contributed by atoms with Crippen LogP contribution >= 0.6 is 31.9 Å². The number of halogens is 2. The van der Waals surface area contributed by atoms with E-state index in [1.165, 1.54) is 0 Å². The molecule has 0 fully saturated rings. The molecule has 1 unspecified atom stereocenters. The minimum absolute atomic E-state index is 0.0488. The maximum atomic E-state index is 9.46. The van der Waals surface area contributed by atoms with Crippen LogP contribution in [-0.4, -0.2) is 10.1 Å². The third-order valence-electron chi connectivity index (χ3n) is 1.44. The fourth-order valence-corrected chi connectivity index (χ4v) is 2.11. The van der Waals surface area contributed by atoms with E-state index in [1.54, 1.807) is 12.3 Å². The third kappa shape index (κ3) is 2.76. The summed E-state index contributed by atoms with van der Waals surface area (Å²) in [6, 6.07) is 3.67. The van der Waals surface area contributed by atoms with Crippen LogP contribution in [0.15, 0.2) is 21.2 Å². The van der Waals surface area contributed by atoms with Gasteiger partial charge in [-0.3, -0.25) is 4.98 Å². The molecule has 0 aliphatic rings. The van der Waals surface area contributed by atoms with E-state index in [2.05, 4.69) is 36.8 Å². The van der Waals surface area contributed by atoms with Crippen molar-refractivity contribution in [3.8, 4) is 6.07 Å². The lowest BCUT2D eigenvalue weighted by atomic mass is 10.2. The molecule has 0 saturated heterocycles. The van der Waals surface area contributed by atoms with Crippen LogP contribution in [0.4, 0.5) is 0 Å². The molecule has 0 amide bonds. The third-order valence-corrected chi connectivity index (χ3v) is 2.51. The molecule has 0 radical (unpaired) electrons. The molecule has 0 saturated carbocycles. The van der Waals surface area contributed by atoms with Crippen molar-refractivity contribution in [3.63, 3.8) is 0 Å². The SMILES string of the molecule is N#CCC(O)c1ncc(Br)cc1Br. The minimum atomic E-state index is -0.826. The first-order valence-electron chi connectivity index (χ1n) is 3.51. The molecule has 1 aromatic rings. The summed E-state index contributed by atoms with van der Waals surface area (Å²) in [5.74, 6) is 0. The molecule has 1 aromatic heterocycles. The number of nitrogens with zero attached hydrogens (tertiary/aromatic N) is 2. The summed E-state index contributed by atoms with van der Waals surface area (Å²) < 4.78 is 1.52. The number of rotatable bonds is 2. The van der Waals surface area contributed by atoms with Crippen molar-refractivity contribution in [3.05, 3.63) is 26.9 Å². The molecule has 1 atom stereocenters. The fraction of sp³-hybridized carbons (Fsp3) is 0.250. The summed E-state index contributed by atoms with van der Waals surface area (Å²) in [5, 5.41) is 17.8. The highest BCUT2D eigenvalue weighted by Gasteiger charge is 2.12. The molecular weight excluding hydrogens is 300 g/mol. The molecule has 68 valence electrons. The molecule has 5 heteroatoms. The van der Waals surface area contributed by atoms with Crippen LogP contribution in [-0.2, 0) is 0 Å². The molecular formula is C8H6Br2N2O. The Morgan fingerprint density at radius 3 is 2.85 bits per heavy atom. The van der Waals surface area contributed by atoms with E-state index in [-0.39, 0.29) is 6.42 Å². The normalized spacial score (nSPS) is 12.2. The van der Waals surface area contributed by atoms with Crippen molar-refractivity contribution in [2.75, 3.05) is 0 Å². The van der Waals surface area contributed by atoms with Crippen LogP contribution in [0, 0.1) is 11.3 Å². The maximum Gasteiger partial charge on any atom is 0.110 e. The Kier molecular flexibility index (Phi) is 3.85. The van der Waals surface area contributed by atoms with Gasteiger partial charge in [-0.1, -0.05) is 0 Å². The molecule has 3 nitrogen and oxygen atoms in total. The van der Waals surface area contributed by atoms with Crippen molar-refractivity contribution in [2.45, 2.75) is 12.5 Å². The van der Waals surface area contributed by atoms with Crippen LogP contribution in [0.3, 0.4) is 0 Å². The lowest BCUT2D eigenvalue weighted by Crippen LogP contribution is -2.00. The fourth-order valence-electron chi connectivity index (χ4n) is 0.853. The predicted octanol–water partition coefficient (Wildman–Crippen LogP) is 2.55. The summed E-state index contributed by atoms with van der Waals surface area (Å²) in [4.78, 5) is 4.00. The summed E-state index contributed by atoms with van der Waals surface area (Å²) in [6.45, 7) is 0. The highest BCUT2D eigenvalue weighted by atomic mass is 79.9. The Morgan fingerprint density at radius 2 is 2.31 bits per heavy atom. The molecule has 0 bridgehead atoms. The van der Waals surface area contributed by atoms with Crippen LogP contribution < -0.4 is 0 Å². The Labute approximate surface area is 92.7 Å². The van der Waals surface area contributed by atoms with Crippen molar-refractivity contribution in [2.24, 2.45) is 0 Å². The van der Waals surface area contributed by atoms with Crippen molar-refractivity contribution in [1.29, 1.82) is 5.26 Å². The zero-order chi connectivity index (χ0) is 9.84. The number of hydrogen-bond donors (Lipinski definition) is 1. The quantitative estimate of drug-likeness (QED) is 0.913. The van der Waals surface area contributed by atoms with E-state index in [4.69, 9.17) is 5.26 Å². The van der Waals surface area contributed by atoms with Gasteiger partial charge >= 0.3 is 0 Å². The Bertz CT molecular complexity index is 348. The highest BCUT2D eigenvalue weighted by molar-refractivity contribution is 9.11. The largest absolute Gasteiger partial charge is 0.386 e. The summed E-state index contributed by atoms with van der Waals surface area (Å²) in [5.41, 5.74) is 0.491. The van der Waals surface area contributed by atoms with E-state index >= 15 is 0 Å². The first kappa shape index (κ1) is 10.6. The van der Waals surface area contributed by atoms with Crippen molar-refractivity contribution < 1.29 is 5.11 Å². The molecule has 1 N–H and O–H groups in total. The number of pyridine rings is 1. The molecule has 0 aromatic carbocycles. The van der Waals surface area contributed by atoms with Gasteiger partial charge in [0.25, 0.3) is 0 Å².